The van der Waals surface area contributed by atoms with Gasteiger partial charge in [-0.2, -0.15) is 4.98 Å². The molecule has 6 nitrogen and oxygen atoms in total. The number of likely N-dealkylation sites (tertiary alicyclic amines) is 1. The summed E-state index contributed by atoms with van der Waals surface area (Å²) >= 11 is 0. The van der Waals surface area contributed by atoms with Crippen LogP contribution in [0.2, 0.25) is 0 Å². The topological polar surface area (TPSA) is 74.4 Å². The van der Waals surface area contributed by atoms with Gasteiger partial charge < -0.3 is 14.9 Å². The standard InChI is InChI=1S/C22H32N4O2/c1-16(2)17-3-5-18(6-4-17)21-24-20(28-25-21)15-26-13-7-19(8-14-26)22(27)9-11-23-12-10-22/h3-6,16,19,23,27H,7-15H2,1-2H3. The lowest BCUT2D eigenvalue weighted by molar-refractivity contribution is -0.0652. The van der Waals surface area contributed by atoms with E-state index in [1.807, 2.05) is 0 Å². The molecule has 0 aliphatic carbocycles. The first-order valence-corrected chi connectivity index (χ1v) is 10.6. The Morgan fingerprint density at radius 3 is 2.50 bits per heavy atom. The molecular formula is C22H32N4O2. The maximum absolute atomic E-state index is 11.0. The lowest BCUT2D eigenvalue weighted by Crippen LogP contribution is -2.50. The minimum absolute atomic E-state index is 0.406. The van der Waals surface area contributed by atoms with E-state index in [9.17, 15) is 5.11 Å². The third-order valence-corrected chi connectivity index (χ3v) is 6.48. The highest BCUT2D eigenvalue weighted by Crippen LogP contribution is 2.35. The number of aliphatic hydroxyl groups is 1. The van der Waals surface area contributed by atoms with E-state index in [2.05, 4.69) is 58.5 Å². The largest absolute Gasteiger partial charge is 0.390 e. The number of rotatable bonds is 5. The molecular weight excluding hydrogens is 352 g/mol. The van der Waals surface area contributed by atoms with Crippen LogP contribution in [0.4, 0.5) is 0 Å². The molecule has 1 aromatic heterocycles. The van der Waals surface area contributed by atoms with Crippen LogP contribution in [0.15, 0.2) is 28.8 Å². The van der Waals surface area contributed by atoms with Crippen LogP contribution in [0.1, 0.15) is 56.9 Å². The molecule has 28 heavy (non-hydrogen) atoms. The van der Waals surface area contributed by atoms with Crippen molar-refractivity contribution in [1.82, 2.24) is 20.4 Å². The summed E-state index contributed by atoms with van der Waals surface area (Å²) in [5.41, 5.74) is 1.83. The number of piperidine rings is 2. The van der Waals surface area contributed by atoms with Gasteiger partial charge in [0.1, 0.15) is 0 Å². The van der Waals surface area contributed by atoms with Gasteiger partial charge in [-0.1, -0.05) is 43.3 Å². The molecule has 2 aromatic rings. The highest BCUT2D eigenvalue weighted by atomic mass is 16.5. The number of nitrogens with one attached hydrogen (secondary N) is 1. The molecule has 4 rings (SSSR count). The fourth-order valence-electron chi connectivity index (χ4n) is 4.54. The molecule has 0 spiro atoms. The molecule has 2 aliphatic heterocycles. The van der Waals surface area contributed by atoms with Crippen LogP contribution in [0.25, 0.3) is 11.4 Å². The number of hydrogen-bond donors (Lipinski definition) is 2. The average Bonchev–Trinajstić information content (AvgIpc) is 3.17. The van der Waals surface area contributed by atoms with E-state index < -0.39 is 5.60 Å². The summed E-state index contributed by atoms with van der Waals surface area (Å²) in [7, 11) is 0. The summed E-state index contributed by atoms with van der Waals surface area (Å²) in [5, 5.41) is 18.5. The second-order valence-corrected chi connectivity index (χ2v) is 8.69. The highest BCUT2D eigenvalue weighted by Gasteiger charge is 2.39. The smallest absolute Gasteiger partial charge is 0.241 e. The monoisotopic (exact) mass is 384 g/mol. The molecule has 6 heteroatoms. The fraction of sp³-hybridized carbons (Fsp3) is 0.636. The van der Waals surface area contributed by atoms with Gasteiger partial charge in [0, 0.05) is 5.56 Å². The summed E-state index contributed by atoms with van der Waals surface area (Å²) in [6.45, 7) is 8.87. The Labute approximate surface area is 167 Å². The van der Waals surface area contributed by atoms with Crippen molar-refractivity contribution >= 4 is 0 Å². The highest BCUT2D eigenvalue weighted by molar-refractivity contribution is 5.54. The Bertz CT molecular complexity index is 757. The molecule has 3 heterocycles. The normalized spacial score (nSPS) is 21.3. The van der Waals surface area contributed by atoms with E-state index >= 15 is 0 Å². The molecule has 1 aromatic carbocycles. The minimum atomic E-state index is -0.475. The van der Waals surface area contributed by atoms with Crippen LogP contribution in [0, 0.1) is 5.92 Å². The van der Waals surface area contributed by atoms with Crippen LogP contribution >= 0.6 is 0 Å². The summed E-state index contributed by atoms with van der Waals surface area (Å²) in [4.78, 5) is 6.96. The van der Waals surface area contributed by atoms with Crippen molar-refractivity contribution in [3.63, 3.8) is 0 Å². The maximum Gasteiger partial charge on any atom is 0.241 e. The summed E-state index contributed by atoms with van der Waals surface area (Å²) in [5.74, 6) is 2.25. The second-order valence-electron chi connectivity index (χ2n) is 8.69. The molecule has 2 N–H and O–H groups in total. The molecule has 0 unspecified atom stereocenters. The minimum Gasteiger partial charge on any atom is -0.390 e. The van der Waals surface area contributed by atoms with E-state index in [0.29, 0.717) is 30.1 Å². The van der Waals surface area contributed by atoms with Crippen molar-refractivity contribution < 1.29 is 9.63 Å². The van der Waals surface area contributed by atoms with Crippen molar-refractivity contribution in [1.29, 1.82) is 0 Å². The number of benzene rings is 1. The number of nitrogens with zero attached hydrogens (tertiary/aromatic N) is 3. The zero-order chi connectivity index (χ0) is 19.6. The predicted octanol–water partition coefficient (Wildman–Crippen LogP) is 3.19. The van der Waals surface area contributed by atoms with Crippen molar-refractivity contribution in [2.75, 3.05) is 26.2 Å². The van der Waals surface area contributed by atoms with Crippen LogP contribution in [-0.4, -0.2) is 51.9 Å². The summed E-state index contributed by atoms with van der Waals surface area (Å²) in [6, 6.07) is 8.39. The quantitative estimate of drug-likeness (QED) is 0.825. The van der Waals surface area contributed by atoms with E-state index in [1.54, 1.807) is 0 Å². The first-order chi connectivity index (χ1) is 13.5. The zero-order valence-electron chi connectivity index (χ0n) is 17.0. The van der Waals surface area contributed by atoms with Crippen LogP contribution in [-0.2, 0) is 6.54 Å². The van der Waals surface area contributed by atoms with Gasteiger partial charge in [-0.05, 0) is 69.3 Å². The molecule has 2 saturated heterocycles. The molecule has 0 radical (unpaired) electrons. The van der Waals surface area contributed by atoms with Gasteiger partial charge in [0.25, 0.3) is 0 Å². The molecule has 2 aliphatic rings. The van der Waals surface area contributed by atoms with Gasteiger partial charge in [-0.25, -0.2) is 0 Å². The Balaban J connectivity index is 1.32. The predicted molar refractivity (Wildman–Crippen MR) is 109 cm³/mol. The van der Waals surface area contributed by atoms with Crippen molar-refractivity contribution in [3.05, 3.63) is 35.7 Å². The summed E-state index contributed by atoms with van der Waals surface area (Å²) in [6.07, 6.45) is 3.82. The van der Waals surface area contributed by atoms with E-state index in [1.165, 1.54) is 5.56 Å². The third kappa shape index (κ3) is 4.29. The Morgan fingerprint density at radius 1 is 1.18 bits per heavy atom. The second kappa shape index (κ2) is 8.31. The fourth-order valence-corrected chi connectivity index (χ4v) is 4.54. The Kier molecular flexibility index (Phi) is 5.80. The molecule has 2 fully saturated rings. The average molecular weight is 385 g/mol. The molecule has 0 saturated carbocycles. The van der Waals surface area contributed by atoms with Crippen LogP contribution < -0.4 is 5.32 Å². The first-order valence-electron chi connectivity index (χ1n) is 10.6. The number of hydrogen-bond acceptors (Lipinski definition) is 6. The lowest BCUT2D eigenvalue weighted by atomic mass is 9.75. The van der Waals surface area contributed by atoms with Crippen molar-refractivity contribution in [2.24, 2.45) is 5.92 Å². The Morgan fingerprint density at radius 2 is 1.86 bits per heavy atom. The van der Waals surface area contributed by atoms with Gasteiger partial charge in [-0.15, -0.1) is 0 Å². The Hall–Kier alpha value is -1.76. The van der Waals surface area contributed by atoms with Crippen molar-refractivity contribution in [3.8, 4) is 11.4 Å². The summed E-state index contributed by atoms with van der Waals surface area (Å²) < 4.78 is 5.50. The molecule has 0 bridgehead atoms. The SMILES string of the molecule is CC(C)c1ccc(-c2noc(CN3CCC(C4(O)CCNCC4)CC3)n2)cc1. The third-order valence-electron chi connectivity index (χ3n) is 6.48. The lowest BCUT2D eigenvalue weighted by Gasteiger charge is -2.43. The molecule has 0 amide bonds. The zero-order valence-corrected chi connectivity index (χ0v) is 17.0. The first kappa shape index (κ1) is 19.6. The van der Waals surface area contributed by atoms with Gasteiger partial charge in [0.05, 0.1) is 12.1 Å². The van der Waals surface area contributed by atoms with E-state index in [4.69, 9.17) is 4.52 Å². The van der Waals surface area contributed by atoms with Crippen LogP contribution in [0.5, 0.6) is 0 Å². The molecule has 152 valence electrons. The van der Waals surface area contributed by atoms with Gasteiger partial charge >= 0.3 is 0 Å². The van der Waals surface area contributed by atoms with Gasteiger partial charge in [0.15, 0.2) is 0 Å². The molecule has 0 atom stereocenters. The van der Waals surface area contributed by atoms with Gasteiger partial charge in [0.2, 0.25) is 11.7 Å². The van der Waals surface area contributed by atoms with Crippen molar-refractivity contribution in [2.45, 2.75) is 57.6 Å². The van der Waals surface area contributed by atoms with E-state index in [0.717, 1.165) is 57.4 Å². The van der Waals surface area contributed by atoms with E-state index in [-0.39, 0.29) is 0 Å². The van der Waals surface area contributed by atoms with Gasteiger partial charge in [-0.3, -0.25) is 4.90 Å². The number of aromatic nitrogens is 2. The maximum atomic E-state index is 11.0. The van der Waals surface area contributed by atoms with Crippen LogP contribution in [0.3, 0.4) is 0 Å².